The molecule has 0 saturated carbocycles. The second-order valence-electron chi connectivity index (χ2n) is 9.93. The van der Waals surface area contributed by atoms with Crippen molar-refractivity contribution in [1.29, 1.82) is 0 Å². The van der Waals surface area contributed by atoms with Crippen LogP contribution in [0.3, 0.4) is 0 Å². The van der Waals surface area contributed by atoms with E-state index in [1.807, 2.05) is 87.5 Å². The van der Waals surface area contributed by atoms with E-state index in [0.717, 1.165) is 22.4 Å². The topological polar surface area (TPSA) is 58.6 Å². The lowest BCUT2D eigenvalue weighted by Gasteiger charge is -2.34. The van der Waals surface area contributed by atoms with Gasteiger partial charge in [-0.3, -0.25) is 9.59 Å². The van der Waals surface area contributed by atoms with Gasteiger partial charge in [0.15, 0.2) is 0 Å². The number of thioether (sulfide) groups is 1. The molecule has 3 aromatic rings. The molecule has 37 heavy (non-hydrogen) atoms. The molecule has 0 radical (unpaired) electrons. The van der Waals surface area contributed by atoms with Crippen LogP contribution in [0.5, 0.6) is 5.75 Å². The van der Waals surface area contributed by atoms with E-state index in [9.17, 15) is 9.59 Å². The van der Waals surface area contributed by atoms with Crippen LogP contribution in [0, 0.1) is 0 Å². The number of rotatable bonds is 11. The number of benzene rings is 3. The normalized spacial score (nSPS) is 12.0. The fraction of sp³-hybridized carbons (Fsp3) is 0.333. The largest absolute Gasteiger partial charge is 0.497 e. The fourth-order valence-electron chi connectivity index (χ4n) is 3.85. The molecule has 0 aliphatic heterocycles. The summed E-state index contributed by atoms with van der Waals surface area (Å²) in [6, 6.07) is 24.4. The Morgan fingerprint density at radius 2 is 1.54 bits per heavy atom. The first-order valence-electron chi connectivity index (χ1n) is 12.2. The van der Waals surface area contributed by atoms with Gasteiger partial charge in [-0.1, -0.05) is 66.2 Å². The molecular formula is C30H35ClN2O3S. The van der Waals surface area contributed by atoms with Crippen molar-refractivity contribution in [2.75, 3.05) is 12.9 Å². The molecule has 2 amide bonds. The Balaban J connectivity index is 1.84. The summed E-state index contributed by atoms with van der Waals surface area (Å²) in [7, 11) is 1.64. The molecule has 0 saturated heterocycles. The van der Waals surface area contributed by atoms with Crippen LogP contribution in [0.1, 0.15) is 37.5 Å². The number of nitrogens with zero attached hydrogens (tertiary/aromatic N) is 1. The van der Waals surface area contributed by atoms with Crippen molar-refractivity contribution in [3.63, 3.8) is 0 Å². The Labute approximate surface area is 229 Å². The van der Waals surface area contributed by atoms with Crippen LogP contribution >= 0.6 is 23.4 Å². The minimum Gasteiger partial charge on any atom is -0.497 e. The Kier molecular flexibility index (Phi) is 10.5. The van der Waals surface area contributed by atoms with E-state index in [-0.39, 0.29) is 17.6 Å². The quantitative estimate of drug-likeness (QED) is 0.319. The fourth-order valence-corrected chi connectivity index (χ4v) is 4.85. The highest BCUT2D eigenvalue weighted by Crippen LogP contribution is 2.21. The van der Waals surface area contributed by atoms with Crippen molar-refractivity contribution < 1.29 is 14.3 Å². The van der Waals surface area contributed by atoms with E-state index in [1.54, 1.807) is 24.1 Å². The first kappa shape index (κ1) is 28.6. The van der Waals surface area contributed by atoms with Gasteiger partial charge < -0.3 is 15.0 Å². The number of carbonyl (C=O) groups is 2. The smallest absolute Gasteiger partial charge is 0.243 e. The molecule has 0 bridgehead atoms. The van der Waals surface area contributed by atoms with E-state index in [1.165, 1.54) is 11.8 Å². The molecule has 0 spiro atoms. The molecule has 7 heteroatoms. The van der Waals surface area contributed by atoms with Crippen LogP contribution in [-0.4, -0.2) is 41.2 Å². The van der Waals surface area contributed by atoms with Crippen molar-refractivity contribution in [1.82, 2.24) is 10.2 Å². The van der Waals surface area contributed by atoms with Crippen molar-refractivity contribution in [3.05, 3.63) is 101 Å². The van der Waals surface area contributed by atoms with Crippen molar-refractivity contribution in [2.45, 2.75) is 51.1 Å². The van der Waals surface area contributed by atoms with E-state index in [0.29, 0.717) is 23.7 Å². The molecule has 0 heterocycles. The van der Waals surface area contributed by atoms with Gasteiger partial charge in [0.05, 0.1) is 12.9 Å². The second-order valence-corrected chi connectivity index (χ2v) is 11.4. The Hall–Kier alpha value is -2.96. The number of hydrogen-bond donors (Lipinski definition) is 1. The van der Waals surface area contributed by atoms with Gasteiger partial charge in [0.25, 0.3) is 0 Å². The summed E-state index contributed by atoms with van der Waals surface area (Å²) in [4.78, 5) is 29.0. The van der Waals surface area contributed by atoms with Crippen LogP contribution in [0.2, 0.25) is 5.02 Å². The zero-order chi connectivity index (χ0) is 26.8. The van der Waals surface area contributed by atoms with Gasteiger partial charge in [-0.15, -0.1) is 11.8 Å². The molecule has 1 unspecified atom stereocenters. The van der Waals surface area contributed by atoms with Gasteiger partial charge in [-0.05, 0) is 61.7 Å². The lowest BCUT2D eigenvalue weighted by molar-refractivity contribution is -0.140. The Bertz CT molecular complexity index is 1150. The third-order valence-corrected chi connectivity index (χ3v) is 6.93. The molecule has 1 atom stereocenters. The number of amides is 2. The lowest BCUT2D eigenvalue weighted by atomic mass is 10.0. The van der Waals surface area contributed by atoms with E-state index >= 15 is 0 Å². The number of halogens is 1. The van der Waals surface area contributed by atoms with Crippen molar-refractivity contribution in [2.24, 2.45) is 0 Å². The van der Waals surface area contributed by atoms with Crippen LogP contribution in [0.15, 0.2) is 78.9 Å². The van der Waals surface area contributed by atoms with E-state index in [4.69, 9.17) is 16.3 Å². The Morgan fingerprint density at radius 3 is 2.14 bits per heavy atom. The molecule has 0 aliphatic rings. The van der Waals surface area contributed by atoms with Crippen LogP contribution < -0.4 is 10.1 Å². The summed E-state index contributed by atoms with van der Waals surface area (Å²) in [6.45, 7) is 6.15. The summed E-state index contributed by atoms with van der Waals surface area (Å²) in [5, 5.41) is 3.72. The number of methoxy groups -OCH3 is 1. The molecule has 0 aliphatic carbocycles. The predicted octanol–water partition coefficient (Wildman–Crippen LogP) is 6.14. The monoisotopic (exact) mass is 538 g/mol. The van der Waals surface area contributed by atoms with Gasteiger partial charge in [0.1, 0.15) is 11.8 Å². The highest BCUT2D eigenvalue weighted by atomic mass is 35.5. The molecule has 0 fully saturated rings. The number of ether oxygens (including phenoxy) is 1. The molecular weight excluding hydrogens is 504 g/mol. The van der Waals surface area contributed by atoms with Crippen LogP contribution in [0.25, 0.3) is 0 Å². The molecule has 196 valence electrons. The van der Waals surface area contributed by atoms with Gasteiger partial charge in [0, 0.05) is 29.3 Å². The summed E-state index contributed by atoms with van der Waals surface area (Å²) in [5.41, 5.74) is 2.59. The van der Waals surface area contributed by atoms with Gasteiger partial charge >= 0.3 is 0 Å². The van der Waals surface area contributed by atoms with Crippen LogP contribution in [-0.2, 0) is 28.3 Å². The molecule has 3 aromatic carbocycles. The average Bonchev–Trinajstić information content (AvgIpc) is 2.87. The minimum atomic E-state index is -0.661. The summed E-state index contributed by atoms with van der Waals surface area (Å²) in [6.07, 6.45) is 0.422. The van der Waals surface area contributed by atoms with E-state index < -0.39 is 11.6 Å². The second kappa shape index (κ2) is 13.5. The maximum atomic E-state index is 13.7. The predicted molar refractivity (Wildman–Crippen MR) is 153 cm³/mol. The van der Waals surface area contributed by atoms with Gasteiger partial charge in [-0.2, -0.15) is 0 Å². The van der Waals surface area contributed by atoms with Crippen molar-refractivity contribution in [3.8, 4) is 5.75 Å². The van der Waals surface area contributed by atoms with Gasteiger partial charge in [-0.25, -0.2) is 0 Å². The number of nitrogens with one attached hydrogen (secondary N) is 1. The van der Waals surface area contributed by atoms with Gasteiger partial charge in [0.2, 0.25) is 11.8 Å². The number of hydrogen-bond acceptors (Lipinski definition) is 4. The standard InChI is InChI=1S/C30H35ClN2O3S/c1-30(2,3)32-29(35)27(18-22-8-6-5-7-9-22)33(19-23-10-14-25(31)15-11-23)28(34)21-37-20-24-12-16-26(36-4)17-13-24/h5-17,27H,18-21H2,1-4H3,(H,32,35). The zero-order valence-corrected chi connectivity index (χ0v) is 23.4. The highest BCUT2D eigenvalue weighted by molar-refractivity contribution is 7.99. The van der Waals surface area contributed by atoms with Crippen molar-refractivity contribution >= 4 is 35.2 Å². The van der Waals surface area contributed by atoms with Crippen LogP contribution in [0.4, 0.5) is 0 Å². The molecule has 3 rings (SSSR count). The zero-order valence-electron chi connectivity index (χ0n) is 21.9. The third-order valence-electron chi connectivity index (χ3n) is 5.69. The van der Waals surface area contributed by atoms with E-state index in [2.05, 4.69) is 5.32 Å². The first-order valence-corrected chi connectivity index (χ1v) is 13.8. The maximum absolute atomic E-state index is 13.7. The number of carbonyl (C=O) groups excluding carboxylic acids is 2. The molecule has 0 aromatic heterocycles. The summed E-state index contributed by atoms with van der Waals surface area (Å²) < 4.78 is 5.23. The average molecular weight is 539 g/mol. The lowest BCUT2D eigenvalue weighted by Crippen LogP contribution is -2.54. The molecule has 5 nitrogen and oxygen atoms in total. The summed E-state index contributed by atoms with van der Waals surface area (Å²) >= 11 is 7.63. The third kappa shape index (κ3) is 9.45. The maximum Gasteiger partial charge on any atom is 0.243 e. The Morgan fingerprint density at radius 1 is 0.919 bits per heavy atom. The SMILES string of the molecule is COc1ccc(CSCC(=O)N(Cc2ccc(Cl)cc2)C(Cc2ccccc2)C(=O)NC(C)(C)C)cc1. The molecule has 1 N–H and O–H groups in total. The first-order chi connectivity index (χ1) is 17.6. The highest BCUT2D eigenvalue weighted by Gasteiger charge is 2.32. The minimum absolute atomic E-state index is 0.0848. The summed E-state index contributed by atoms with van der Waals surface area (Å²) in [5.74, 6) is 1.49.